The van der Waals surface area contributed by atoms with Gasteiger partial charge < -0.3 is 9.47 Å². The Kier molecular flexibility index (Phi) is 5.33. The molecule has 1 aromatic heterocycles. The number of hydrogen-bond donors (Lipinski definition) is 0. The van der Waals surface area contributed by atoms with Crippen LogP contribution in [0.5, 0.6) is 0 Å². The van der Waals surface area contributed by atoms with Crippen molar-refractivity contribution in [2.24, 2.45) is 0 Å². The molecule has 0 spiro atoms. The Balaban J connectivity index is 1.52. The molecule has 0 unspecified atom stereocenters. The first kappa shape index (κ1) is 19.6. The summed E-state index contributed by atoms with van der Waals surface area (Å²) < 4.78 is 16.0. The van der Waals surface area contributed by atoms with Crippen LogP contribution in [0, 0.1) is 12.7 Å². The number of anilines is 1. The number of hydrogen-bond acceptors (Lipinski definition) is 1. The molecule has 1 aliphatic rings. The van der Waals surface area contributed by atoms with Crippen LogP contribution in [0.4, 0.5) is 10.1 Å². The predicted molar refractivity (Wildman–Crippen MR) is 125 cm³/mol. The first-order valence-electron chi connectivity index (χ1n) is 11.0. The Hall–Kier alpha value is -3.33. The summed E-state index contributed by atoms with van der Waals surface area (Å²) in [7, 11) is 0. The average Bonchev–Trinajstić information content (AvgIpc) is 3.09. The summed E-state index contributed by atoms with van der Waals surface area (Å²) in [6.45, 7) is 4.82. The van der Waals surface area contributed by atoms with Crippen LogP contribution >= 0.6 is 0 Å². The third-order valence-corrected chi connectivity index (χ3v) is 6.39. The van der Waals surface area contributed by atoms with Crippen molar-refractivity contribution < 1.29 is 4.39 Å². The molecule has 2 heterocycles. The fraction of sp³-hybridized carbons (Fsp3) is 0.214. The van der Waals surface area contributed by atoms with Crippen molar-refractivity contribution in [3.63, 3.8) is 0 Å². The van der Waals surface area contributed by atoms with E-state index in [0.717, 1.165) is 31.5 Å². The standard InChI is InChI=1S/C28H27FN2/c1-21-27(17-22-8-3-2-4-9-22)28(20-31(21)18-23-10-7-13-26(29)16-23)30-15-14-24-11-5-6-12-25(24)19-30/h2-13,16,20H,14-15,17-19H2,1H3. The maximum Gasteiger partial charge on any atom is 0.123 e. The summed E-state index contributed by atoms with van der Waals surface area (Å²) in [5, 5.41) is 0. The number of nitrogens with zero attached hydrogens (tertiary/aromatic N) is 2. The topological polar surface area (TPSA) is 8.17 Å². The number of aromatic nitrogens is 1. The SMILES string of the molecule is Cc1c(Cc2ccccc2)c(N2CCc3ccccc3C2)cn1Cc1cccc(F)c1. The van der Waals surface area contributed by atoms with Gasteiger partial charge in [0, 0.05) is 43.5 Å². The maximum absolute atomic E-state index is 13.8. The highest BCUT2D eigenvalue weighted by Gasteiger charge is 2.22. The van der Waals surface area contributed by atoms with Crippen molar-refractivity contribution in [2.45, 2.75) is 32.9 Å². The molecule has 5 rings (SSSR count). The van der Waals surface area contributed by atoms with Gasteiger partial charge in [0.2, 0.25) is 0 Å². The van der Waals surface area contributed by atoms with E-state index in [9.17, 15) is 4.39 Å². The zero-order valence-corrected chi connectivity index (χ0v) is 17.9. The van der Waals surface area contributed by atoms with Crippen molar-refractivity contribution in [2.75, 3.05) is 11.4 Å². The lowest BCUT2D eigenvalue weighted by molar-refractivity contribution is 0.623. The Morgan fingerprint density at radius 3 is 2.39 bits per heavy atom. The second kappa shape index (κ2) is 8.43. The molecule has 0 aliphatic carbocycles. The van der Waals surface area contributed by atoms with E-state index in [1.54, 1.807) is 12.1 Å². The van der Waals surface area contributed by atoms with Gasteiger partial charge in [-0.05, 0) is 47.7 Å². The van der Waals surface area contributed by atoms with E-state index in [1.807, 2.05) is 6.07 Å². The van der Waals surface area contributed by atoms with Gasteiger partial charge in [0.25, 0.3) is 0 Å². The monoisotopic (exact) mass is 410 g/mol. The highest BCUT2D eigenvalue weighted by molar-refractivity contribution is 5.59. The second-order valence-electron chi connectivity index (χ2n) is 8.44. The summed E-state index contributed by atoms with van der Waals surface area (Å²) in [5.41, 5.74) is 9.08. The smallest absolute Gasteiger partial charge is 0.123 e. The first-order valence-corrected chi connectivity index (χ1v) is 11.0. The van der Waals surface area contributed by atoms with Crippen LogP contribution in [-0.2, 0) is 25.9 Å². The highest BCUT2D eigenvalue weighted by Crippen LogP contribution is 2.33. The highest BCUT2D eigenvalue weighted by atomic mass is 19.1. The summed E-state index contributed by atoms with van der Waals surface area (Å²) in [6.07, 6.45) is 4.23. The van der Waals surface area contributed by atoms with E-state index in [0.29, 0.717) is 6.54 Å². The molecule has 1 aliphatic heterocycles. The lowest BCUT2D eigenvalue weighted by atomic mass is 9.98. The lowest BCUT2D eigenvalue weighted by Gasteiger charge is -2.31. The zero-order chi connectivity index (χ0) is 21.2. The number of fused-ring (bicyclic) bond motifs is 1. The van der Waals surface area contributed by atoms with Crippen molar-refractivity contribution in [3.8, 4) is 0 Å². The van der Waals surface area contributed by atoms with Crippen LogP contribution in [0.1, 0.15) is 33.5 Å². The van der Waals surface area contributed by atoms with E-state index in [-0.39, 0.29) is 5.82 Å². The van der Waals surface area contributed by atoms with E-state index < -0.39 is 0 Å². The van der Waals surface area contributed by atoms with Crippen LogP contribution < -0.4 is 4.90 Å². The molecule has 0 atom stereocenters. The molecule has 2 nitrogen and oxygen atoms in total. The van der Waals surface area contributed by atoms with Crippen LogP contribution in [-0.4, -0.2) is 11.1 Å². The number of benzene rings is 3. The van der Waals surface area contributed by atoms with E-state index >= 15 is 0 Å². The van der Waals surface area contributed by atoms with E-state index in [4.69, 9.17) is 0 Å². The Labute approximate surface area is 183 Å². The minimum Gasteiger partial charge on any atom is -0.365 e. The molecule has 0 amide bonds. The molecule has 156 valence electrons. The van der Waals surface area contributed by atoms with Crippen LogP contribution in [0.15, 0.2) is 85.1 Å². The molecule has 0 saturated heterocycles. The molecule has 0 radical (unpaired) electrons. The molecule has 3 heteroatoms. The molecule has 0 fully saturated rings. The van der Waals surface area contributed by atoms with E-state index in [1.165, 1.54) is 39.7 Å². The van der Waals surface area contributed by atoms with Gasteiger partial charge in [0.15, 0.2) is 0 Å². The van der Waals surface area contributed by atoms with Gasteiger partial charge in [-0.25, -0.2) is 4.39 Å². The van der Waals surface area contributed by atoms with Crippen LogP contribution in [0.2, 0.25) is 0 Å². The normalized spacial score (nSPS) is 13.3. The molecular weight excluding hydrogens is 383 g/mol. The van der Waals surface area contributed by atoms with Crippen molar-refractivity contribution in [1.82, 2.24) is 4.57 Å². The van der Waals surface area contributed by atoms with Gasteiger partial charge in [-0.1, -0.05) is 66.7 Å². The minimum atomic E-state index is -0.181. The second-order valence-corrected chi connectivity index (χ2v) is 8.44. The molecule has 0 saturated carbocycles. The summed E-state index contributed by atoms with van der Waals surface area (Å²) in [6, 6.07) is 26.3. The van der Waals surface area contributed by atoms with Gasteiger partial charge in [0.1, 0.15) is 5.82 Å². The predicted octanol–water partition coefficient (Wildman–Crippen LogP) is 6.14. The Bertz CT molecular complexity index is 1190. The first-order chi connectivity index (χ1) is 15.2. The third-order valence-electron chi connectivity index (χ3n) is 6.39. The van der Waals surface area contributed by atoms with Gasteiger partial charge in [0.05, 0.1) is 5.69 Å². The summed E-state index contributed by atoms with van der Waals surface area (Å²) in [4.78, 5) is 2.51. The summed E-state index contributed by atoms with van der Waals surface area (Å²) in [5.74, 6) is -0.181. The molecule has 0 N–H and O–H groups in total. The molecular formula is C28H27FN2. The number of rotatable bonds is 5. The van der Waals surface area contributed by atoms with Gasteiger partial charge in [-0.2, -0.15) is 0 Å². The zero-order valence-electron chi connectivity index (χ0n) is 17.9. The van der Waals surface area contributed by atoms with Crippen LogP contribution in [0.3, 0.4) is 0 Å². The van der Waals surface area contributed by atoms with Gasteiger partial charge in [-0.15, -0.1) is 0 Å². The molecule has 3 aromatic carbocycles. The largest absolute Gasteiger partial charge is 0.365 e. The number of halogens is 1. The minimum absolute atomic E-state index is 0.181. The molecule has 31 heavy (non-hydrogen) atoms. The van der Waals surface area contributed by atoms with Crippen molar-refractivity contribution >= 4 is 5.69 Å². The fourth-order valence-electron chi connectivity index (χ4n) is 4.67. The van der Waals surface area contributed by atoms with Gasteiger partial charge >= 0.3 is 0 Å². The van der Waals surface area contributed by atoms with Gasteiger partial charge in [-0.3, -0.25) is 0 Å². The summed E-state index contributed by atoms with van der Waals surface area (Å²) >= 11 is 0. The fourth-order valence-corrected chi connectivity index (χ4v) is 4.67. The van der Waals surface area contributed by atoms with Crippen LogP contribution in [0.25, 0.3) is 0 Å². The third kappa shape index (κ3) is 4.13. The Morgan fingerprint density at radius 1 is 0.839 bits per heavy atom. The average molecular weight is 411 g/mol. The van der Waals surface area contributed by atoms with E-state index in [2.05, 4.69) is 77.2 Å². The van der Waals surface area contributed by atoms with Crippen molar-refractivity contribution in [1.29, 1.82) is 0 Å². The van der Waals surface area contributed by atoms with Crippen molar-refractivity contribution in [3.05, 3.63) is 124 Å². The lowest BCUT2D eigenvalue weighted by Crippen LogP contribution is -2.30. The molecule has 0 bridgehead atoms. The maximum atomic E-state index is 13.8. The quantitative estimate of drug-likeness (QED) is 0.384. The molecule has 4 aromatic rings. The Morgan fingerprint density at radius 2 is 1.58 bits per heavy atom.